The number of benzene rings is 1. The summed E-state index contributed by atoms with van der Waals surface area (Å²) in [5.74, 6) is 1.89. The monoisotopic (exact) mass is 469 g/mol. The van der Waals surface area contributed by atoms with E-state index in [1.165, 1.54) is 6.33 Å². The van der Waals surface area contributed by atoms with Crippen LogP contribution in [-0.2, 0) is 4.79 Å². The van der Waals surface area contributed by atoms with E-state index < -0.39 is 0 Å². The smallest absolute Gasteiger partial charge is 0.246 e. The molecule has 1 N–H and O–H groups in total. The van der Waals surface area contributed by atoms with Crippen LogP contribution in [-0.4, -0.2) is 56.7 Å². The predicted octanol–water partition coefficient (Wildman–Crippen LogP) is 3.83. The van der Waals surface area contributed by atoms with Gasteiger partial charge in [-0.3, -0.25) is 9.78 Å². The highest BCUT2D eigenvalue weighted by Crippen LogP contribution is 2.39. The van der Waals surface area contributed by atoms with Gasteiger partial charge in [-0.1, -0.05) is 6.07 Å². The third kappa shape index (κ3) is 4.28. The Kier molecular flexibility index (Phi) is 5.50. The van der Waals surface area contributed by atoms with E-state index in [4.69, 9.17) is 14.2 Å². The van der Waals surface area contributed by atoms with Crippen molar-refractivity contribution in [2.24, 2.45) is 0 Å². The van der Waals surface area contributed by atoms with Crippen LogP contribution in [0.4, 0.5) is 0 Å². The van der Waals surface area contributed by atoms with Crippen molar-refractivity contribution >= 4 is 23.0 Å². The van der Waals surface area contributed by atoms with Gasteiger partial charge in [0.05, 0.1) is 11.9 Å². The maximum absolute atomic E-state index is 12.8. The quantitative estimate of drug-likeness (QED) is 0.443. The molecule has 1 aromatic carbocycles. The van der Waals surface area contributed by atoms with E-state index in [1.54, 1.807) is 24.5 Å². The van der Waals surface area contributed by atoms with Crippen LogP contribution in [0.1, 0.15) is 18.4 Å². The normalized spacial score (nSPS) is 17.3. The lowest BCUT2D eigenvalue weighted by atomic mass is 10.1. The summed E-state index contributed by atoms with van der Waals surface area (Å²) < 4.78 is 17.3. The van der Waals surface area contributed by atoms with Crippen molar-refractivity contribution in [3.63, 3.8) is 0 Å². The standard InChI is InChI=1S/C26H23N5O4/c32-23(6-3-17-7-9-27-10-8-17)31-11-1-2-19(14-31)35-26-24-20(13-28-25(24)29-15-30-26)18-4-5-21-22(12-18)34-16-33-21/h3-10,12-13,15,19H,1-2,11,14,16H2,(H,28,29,30)/b6-3+/t19-/m1/s1. The van der Waals surface area contributed by atoms with Gasteiger partial charge in [-0.25, -0.2) is 9.97 Å². The number of nitrogens with zero attached hydrogens (tertiary/aromatic N) is 4. The Morgan fingerprint density at radius 1 is 1.14 bits per heavy atom. The van der Waals surface area contributed by atoms with Gasteiger partial charge < -0.3 is 24.1 Å². The molecule has 176 valence electrons. The lowest BCUT2D eigenvalue weighted by Crippen LogP contribution is -2.43. The molecule has 0 radical (unpaired) electrons. The molecule has 5 heterocycles. The maximum Gasteiger partial charge on any atom is 0.246 e. The summed E-state index contributed by atoms with van der Waals surface area (Å²) in [6.45, 7) is 1.42. The highest BCUT2D eigenvalue weighted by atomic mass is 16.7. The Labute approximate surface area is 201 Å². The first-order valence-electron chi connectivity index (χ1n) is 11.5. The molecule has 0 unspecified atom stereocenters. The summed E-state index contributed by atoms with van der Waals surface area (Å²) in [5, 5.41) is 0.799. The molecule has 1 amide bonds. The number of rotatable bonds is 5. The Morgan fingerprint density at radius 2 is 2.03 bits per heavy atom. The summed E-state index contributed by atoms with van der Waals surface area (Å²) >= 11 is 0. The molecule has 1 fully saturated rings. The van der Waals surface area contributed by atoms with Crippen LogP contribution in [0.15, 0.2) is 61.3 Å². The lowest BCUT2D eigenvalue weighted by molar-refractivity contribution is -0.128. The van der Waals surface area contributed by atoms with Crippen molar-refractivity contribution in [1.29, 1.82) is 0 Å². The van der Waals surface area contributed by atoms with Gasteiger partial charge in [-0.2, -0.15) is 0 Å². The lowest BCUT2D eigenvalue weighted by Gasteiger charge is -2.32. The molecule has 1 saturated heterocycles. The average Bonchev–Trinajstić information content (AvgIpc) is 3.55. The number of carbonyl (C=O) groups excluding carboxylic acids is 1. The van der Waals surface area contributed by atoms with Gasteiger partial charge in [0.25, 0.3) is 0 Å². The summed E-state index contributed by atoms with van der Waals surface area (Å²) in [5.41, 5.74) is 3.48. The van der Waals surface area contributed by atoms with E-state index in [0.717, 1.165) is 40.7 Å². The average molecular weight is 470 g/mol. The van der Waals surface area contributed by atoms with Gasteiger partial charge in [0, 0.05) is 36.8 Å². The molecule has 4 aromatic rings. The summed E-state index contributed by atoms with van der Waals surface area (Å²) in [7, 11) is 0. The third-order valence-corrected chi connectivity index (χ3v) is 6.21. The van der Waals surface area contributed by atoms with E-state index >= 15 is 0 Å². The second kappa shape index (κ2) is 9.09. The SMILES string of the molecule is O=C(/C=C/c1ccncc1)N1CCC[C@@H](Oc2ncnc3[nH]cc(-c4ccc5c(c4)OCO5)c23)C1. The van der Waals surface area contributed by atoms with E-state index in [1.807, 2.05) is 41.4 Å². The number of carbonyl (C=O) groups is 1. The van der Waals surface area contributed by atoms with Gasteiger partial charge in [-0.05, 0) is 54.3 Å². The molecule has 9 nitrogen and oxygen atoms in total. The minimum absolute atomic E-state index is 0.0364. The fraction of sp³-hybridized carbons (Fsp3) is 0.231. The largest absolute Gasteiger partial charge is 0.472 e. The molecule has 0 aliphatic carbocycles. The maximum atomic E-state index is 12.8. The first-order chi connectivity index (χ1) is 17.2. The number of nitrogens with one attached hydrogen (secondary N) is 1. The minimum atomic E-state index is -0.167. The summed E-state index contributed by atoms with van der Waals surface area (Å²) in [6.07, 6.45) is 11.7. The fourth-order valence-electron chi connectivity index (χ4n) is 4.46. The van der Waals surface area contributed by atoms with Gasteiger partial charge in [0.2, 0.25) is 18.6 Å². The zero-order chi connectivity index (χ0) is 23.6. The first kappa shape index (κ1) is 21.2. The van der Waals surface area contributed by atoms with Crippen molar-refractivity contribution in [2.75, 3.05) is 19.9 Å². The van der Waals surface area contributed by atoms with Crippen LogP contribution >= 0.6 is 0 Å². The molecular weight excluding hydrogens is 446 g/mol. The molecule has 9 heteroatoms. The molecule has 3 aromatic heterocycles. The molecule has 0 bridgehead atoms. The first-order valence-corrected chi connectivity index (χ1v) is 11.5. The number of aromatic nitrogens is 4. The Morgan fingerprint density at radius 3 is 2.94 bits per heavy atom. The van der Waals surface area contributed by atoms with Gasteiger partial charge in [0.1, 0.15) is 18.1 Å². The number of hydrogen-bond donors (Lipinski definition) is 1. The van der Waals surface area contributed by atoms with Crippen LogP contribution in [0.25, 0.3) is 28.2 Å². The van der Waals surface area contributed by atoms with Crippen LogP contribution in [0, 0.1) is 0 Å². The molecule has 35 heavy (non-hydrogen) atoms. The van der Waals surface area contributed by atoms with Crippen LogP contribution in [0.2, 0.25) is 0 Å². The zero-order valence-electron chi connectivity index (χ0n) is 18.9. The molecular formula is C26H23N5O4. The van der Waals surface area contributed by atoms with Crippen molar-refractivity contribution in [1.82, 2.24) is 24.8 Å². The molecule has 0 saturated carbocycles. The Balaban J connectivity index is 1.22. The fourth-order valence-corrected chi connectivity index (χ4v) is 4.46. The van der Waals surface area contributed by atoms with Crippen LogP contribution < -0.4 is 14.2 Å². The molecule has 2 aliphatic rings. The zero-order valence-corrected chi connectivity index (χ0v) is 18.9. The number of fused-ring (bicyclic) bond motifs is 2. The third-order valence-electron chi connectivity index (χ3n) is 6.21. The van der Waals surface area contributed by atoms with Crippen LogP contribution in [0.3, 0.4) is 0 Å². The van der Waals surface area contributed by atoms with Crippen molar-refractivity contribution in [3.8, 4) is 28.5 Å². The second-order valence-electron chi connectivity index (χ2n) is 8.45. The summed E-state index contributed by atoms with van der Waals surface area (Å²) in [4.78, 5) is 30.6. The molecule has 2 aliphatic heterocycles. The number of piperidine rings is 1. The Hall–Kier alpha value is -4.40. The number of H-pyrrole nitrogens is 1. The van der Waals surface area contributed by atoms with E-state index in [0.29, 0.717) is 30.4 Å². The van der Waals surface area contributed by atoms with Crippen molar-refractivity contribution < 1.29 is 19.0 Å². The molecule has 1 atom stereocenters. The number of hydrogen-bond acceptors (Lipinski definition) is 7. The van der Waals surface area contributed by atoms with Gasteiger partial charge >= 0.3 is 0 Å². The molecule has 0 spiro atoms. The van der Waals surface area contributed by atoms with E-state index in [9.17, 15) is 4.79 Å². The number of aromatic amines is 1. The van der Waals surface area contributed by atoms with Gasteiger partial charge in [-0.15, -0.1) is 0 Å². The predicted molar refractivity (Wildman–Crippen MR) is 129 cm³/mol. The number of ether oxygens (including phenoxy) is 3. The van der Waals surface area contributed by atoms with E-state index in [2.05, 4.69) is 19.9 Å². The van der Waals surface area contributed by atoms with Crippen molar-refractivity contribution in [2.45, 2.75) is 18.9 Å². The number of likely N-dealkylation sites (tertiary alicyclic amines) is 1. The number of amides is 1. The number of pyridine rings is 1. The van der Waals surface area contributed by atoms with E-state index in [-0.39, 0.29) is 18.8 Å². The van der Waals surface area contributed by atoms with Crippen LogP contribution in [0.5, 0.6) is 17.4 Å². The van der Waals surface area contributed by atoms with Gasteiger partial charge in [0.15, 0.2) is 11.5 Å². The highest BCUT2D eigenvalue weighted by Gasteiger charge is 2.26. The molecule has 6 rings (SSSR count). The topological polar surface area (TPSA) is 102 Å². The Bertz CT molecular complexity index is 1400. The van der Waals surface area contributed by atoms with Crippen molar-refractivity contribution in [3.05, 3.63) is 66.9 Å². The highest BCUT2D eigenvalue weighted by molar-refractivity contribution is 5.97. The minimum Gasteiger partial charge on any atom is -0.472 e. The second-order valence-corrected chi connectivity index (χ2v) is 8.45. The summed E-state index contributed by atoms with van der Waals surface area (Å²) in [6, 6.07) is 9.54.